The smallest absolute Gasteiger partial charge is 0.335 e. The van der Waals surface area contributed by atoms with E-state index in [-0.39, 0.29) is 11.4 Å². The summed E-state index contributed by atoms with van der Waals surface area (Å²) in [6.45, 7) is 4.43. The lowest BCUT2D eigenvalue weighted by molar-refractivity contribution is 0.409. The molecule has 7 nitrogen and oxygen atoms in total. The molecule has 2 aromatic carbocycles. The van der Waals surface area contributed by atoms with E-state index in [4.69, 9.17) is 0 Å². The van der Waals surface area contributed by atoms with Crippen LogP contribution in [0.1, 0.15) is 34.0 Å². The number of aromatic hydroxyl groups is 1. The van der Waals surface area contributed by atoms with Crippen LogP contribution >= 0.6 is 0 Å². The number of nitrogens with zero attached hydrogens (tertiary/aromatic N) is 1. The van der Waals surface area contributed by atoms with E-state index in [0.717, 1.165) is 39.7 Å². The molecule has 152 valence electrons. The van der Waals surface area contributed by atoms with Gasteiger partial charge >= 0.3 is 5.69 Å². The lowest BCUT2D eigenvalue weighted by atomic mass is 9.95. The summed E-state index contributed by atoms with van der Waals surface area (Å²) in [7, 11) is 0. The van der Waals surface area contributed by atoms with Crippen molar-refractivity contribution in [3.63, 3.8) is 0 Å². The molecule has 5 rings (SSSR count). The van der Waals surface area contributed by atoms with Crippen molar-refractivity contribution in [3.8, 4) is 11.6 Å². The molecule has 0 amide bonds. The van der Waals surface area contributed by atoms with E-state index in [0.29, 0.717) is 12.2 Å². The van der Waals surface area contributed by atoms with Gasteiger partial charge in [0.25, 0.3) is 5.56 Å². The van der Waals surface area contributed by atoms with E-state index < -0.39 is 17.3 Å². The molecule has 0 unspecified atom stereocenters. The van der Waals surface area contributed by atoms with Crippen molar-refractivity contribution < 1.29 is 5.11 Å². The molecule has 1 atom stereocenters. The maximum absolute atomic E-state index is 12.8. The lowest BCUT2D eigenvalue weighted by Gasteiger charge is -2.25. The monoisotopic (exact) mass is 402 g/mol. The predicted octanol–water partition coefficient (Wildman–Crippen LogP) is 2.56. The number of aromatic nitrogens is 3. The van der Waals surface area contributed by atoms with Gasteiger partial charge < -0.3 is 15.4 Å². The Morgan fingerprint density at radius 3 is 2.70 bits per heavy atom. The molecule has 30 heavy (non-hydrogen) atoms. The first-order valence-corrected chi connectivity index (χ1v) is 9.94. The third kappa shape index (κ3) is 2.70. The number of aryl methyl sites for hydroxylation is 2. The molecule has 2 aromatic heterocycles. The highest BCUT2D eigenvalue weighted by atomic mass is 16.3. The fraction of sp³-hybridized carbons (Fsp3) is 0.217. The van der Waals surface area contributed by atoms with Crippen molar-refractivity contribution in [1.82, 2.24) is 19.9 Å². The number of benzene rings is 2. The topological polar surface area (TPSA) is 103 Å². The molecular weight excluding hydrogens is 380 g/mol. The molecule has 4 aromatic rings. The standard InChI is InChI=1S/C23H22N4O3/c1-12-7-8-13(2)17(11-12)27-22(29)18(21(28)26-23(27)30)20-19-15(9-10-24-20)14-5-3-4-6-16(14)25-19/h3-8,11,20,24-25,29H,9-10H2,1-2H3,(H,26,28,30)/t20-/m1/s1. The molecule has 1 aliphatic rings. The Balaban J connectivity index is 1.77. The van der Waals surface area contributed by atoms with Crippen LogP contribution in [0.25, 0.3) is 16.6 Å². The van der Waals surface area contributed by atoms with Crippen LogP contribution < -0.4 is 16.6 Å². The first kappa shape index (κ1) is 18.4. The fourth-order valence-corrected chi connectivity index (χ4v) is 4.41. The Morgan fingerprint density at radius 1 is 1.07 bits per heavy atom. The second-order valence-electron chi connectivity index (χ2n) is 7.82. The minimum atomic E-state index is -0.664. The molecular formula is C23H22N4O3. The maximum Gasteiger partial charge on any atom is 0.335 e. The Hall–Kier alpha value is -3.58. The van der Waals surface area contributed by atoms with Crippen LogP contribution in [0.3, 0.4) is 0 Å². The van der Waals surface area contributed by atoms with Gasteiger partial charge in [-0.1, -0.05) is 30.3 Å². The summed E-state index contributed by atoms with van der Waals surface area (Å²) in [6.07, 6.45) is 0.811. The van der Waals surface area contributed by atoms with Gasteiger partial charge in [-0.25, -0.2) is 9.36 Å². The van der Waals surface area contributed by atoms with E-state index >= 15 is 0 Å². The number of aromatic amines is 2. The van der Waals surface area contributed by atoms with Gasteiger partial charge in [0, 0.05) is 23.1 Å². The second kappa shape index (κ2) is 6.74. The van der Waals surface area contributed by atoms with Crippen LogP contribution in [0.2, 0.25) is 0 Å². The molecule has 0 bridgehead atoms. The molecule has 0 spiro atoms. The molecule has 0 fully saturated rings. The number of H-pyrrole nitrogens is 2. The molecule has 3 heterocycles. The summed E-state index contributed by atoms with van der Waals surface area (Å²) in [6, 6.07) is 13.1. The molecule has 0 radical (unpaired) electrons. The number of para-hydroxylation sites is 1. The first-order chi connectivity index (χ1) is 14.5. The van der Waals surface area contributed by atoms with E-state index in [1.165, 1.54) is 4.57 Å². The average Bonchev–Trinajstić information content (AvgIpc) is 3.10. The largest absolute Gasteiger partial charge is 0.494 e. The van der Waals surface area contributed by atoms with Gasteiger partial charge in [0.2, 0.25) is 5.88 Å². The molecule has 7 heteroatoms. The van der Waals surface area contributed by atoms with Crippen LogP contribution in [-0.2, 0) is 6.42 Å². The molecule has 0 aliphatic carbocycles. The average molecular weight is 402 g/mol. The zero-order chi connectivity index (χ0) is 21.0. The summed E-state index contributed by atoms with van der Waals surface area (Å²) >= 11 is 0. The molecule has 0 saturated heterocycles. The lowest BCUT2D eigenvalue weighted by Crippen LogP contribution is -2.38. The van der Waals surface area contributed by atoms with Crippen molar-refractivity contribution >= 4 is 10.9 Å². The Morgan fingerprint density at radius 2 is 1.87 bits per heavy atom. The van der Waals surface area contributed by atoms with E-state index in [1.807, 2.05) is 56.3 Å². The highest BCUT2D eigenvalue weighted by Crippen LogP contribution is 2.35. The molecule has 0 saturated carbocycles. The number of hydrogen-bond acceptors (Lipinski definition) is 4. The summed E-state index contributed by atoms with van der Waals surface area (Å²) in [5.41, 5.74) is 4.13. The Kier molecular flexibility index (Phi) is 4.15. The maximum atomic E-state index is 12.8. The van der Waals surface area contributed by atoms with Crippen molar-refractivity contribution in [2.75, 3.05) is 6.54 Å². The quantitative estimate of drug-likeness (QED) is 0.414. The summed E-state index contributed by atoms with van der Waals surface area (Å²) in [5.74, 6) is -0.346. The van der Waals surface area contributed by atoms with Gasteiger partial charge in [-0.05, 0) is 49.1 Å². The first-order valence-electron chi connectivity index (χ1n) is 9.94. The van der Waals surface area contributed by atoms with E-state index in [1.54, 1.807) is 0 Å². The minimum Gasteiger partial charge on any atom is -0.494 e. The number of fused-ring (bicyclic) bond motifs is 3. The van der Waals surface area contributed by atoms with Gasteiger partial charge in [0.1, 0.15) is 5.56 Å². The predicted molar refractivity (Wildman–Crippen MR) is 116 cm³/mol. The van der Waals surface area contributed by atoms with Crippen LogP contribution in [-0.4, -0.2) is 26.2 Å². The highest BCUT2D eigenvalue weighted by Gasteiger charge is 2.31. The highest BCUT2D eigenvalue weighted by molar-refractivity contribution is 5.85. The van der Waals surface area contributed by atoms with Gasteiger partial charge in [0.05, 0.1) is 11.7 Å². The third-order valence-electron chi connectivity index (χ3n) is 5.87. The van der Waals surface area contributed by atoms with Crippen molar-refractivity contribution in [2.24, 2.45) is 0 Å². The normalized spacial score (nSPS) is 16.0. The van der Waals surface area contributed by atoms with Crippen LogP contribution in [0, 0.1) is 13.8 Å². The molecule has 4 N–H and O–H groups in total. The van der Waals surface area contributed by atoms with Crippen LogP contribution in [0.15, 0.2) is 52.1 Å². The third-order valence-corrected chi connectivity index (χ3v) is 5.87. The SMILES string of the molecule is Cc1ccc(C)c(-n2c(O)c([C@H]3NCCc4c3[nH]c3ccccc43)c(=O)[nH]c2=O)c1. The number of hydrogen-bond donors (Lipinski definition) is 4. The second-order valence-corrected chi connectivity index (χ2v) is 7.82. The zero-order valence-corrected chi connectivity index (χ0v) is 16.7. The van der Waals surface area contributed by atoms with Crippen LogP contribution in [0.5, 0.6) is 5.88 Å². The summed E-state index contributed by atoms with van der Waals surface area (Å²) in [4.78, 5) is 31.3. The van der Waals surface area contributed by atoms with Gasteiger partial charge in [-0.15, -0.1) is 0 Å². The van der Waals surface area contributed by atoms with Crippen molar-refractivity contribution in [2.45, 2.75) is 26.3 Å². The summed E-state index contributed by atoms with van der Waals surface area (Å²) < 4.78 is 1.18. The minimum absolute atomic E-state index is 0.128. The van der Waals surface area contributed by atoms with Crippen LogP contribution in [0.4, 0.5) is 0 Å². The fourth-order valence-electron chi connectivity index (χ4n) is 4.41. The zero-order valence-electron chi connectivity index (χ0n) is 16.7. The molecule has 1 aliphatic heterocycles. The van der Waals surface area contributed by atoms with Crippen molar-refractivity contribution in [3.05, 3.63) is 91.3 Å². The van der Waals surface area contributed by atoms with Crippen molar-refractivity contribution in [1.29, 1.82) is 0 Å². The van der Waals surface area contributed by atoms with Gasteiger partial charge in [0.15, 0.2) is 0 Å². The van der Waals surface area contributed by atoms with Gasteiger partial charge in [-0.2, -0.15) is 0 Å². The van der Waals surface area contributed by atoms with E-state index in [2.05, 4.69) is 15.3 Å². The van der Waals surface area contributed by atoms with Gasteiger partial charge in [-0.3, -0.25) is 9.78 Å². The Labute approximate surface area is 172 Å². The number of nitrogens with one attached hydrogen (secondary N) is 3. The summed E-state index contributed by atoms with van der Waals surface area (Å²) in [5, 5.41) is 15.6. The number of rotatable bonds is 2. The van der Waals surface area contributed by atoms with E-state index in [9.17, 15) is 14.7 Å². The Bertz CT molecular complexity index is 1410.